The molecule has 2 atom stereocenters. The number of nitrogens with two attached hydrogens (primary N) is 1. The first-order valence-electron chi connectivity index (χ1n) is 10.5. The molecule has 6 nitrogen and oxygen atoms in total. The van der Waals surface area contributed by atoms with Gasteiger partial charge in [-0.2, -0.15) is 11.8 Å². The van der Waals surface area contributed by atoms with Gasteiger partial charge in [0.05, 0.1) is 13.2 Å². The summed E-state index contributed by atoms with van der Waals surface area (Å²) in [6.07, 6.45) is 2.86. The van der Waals surface area contributed by atoms with Crippen LogP contribution in [0.3, 0.4) is 0 Å². The van der Waals surface area contributed by atoms with Crippen molar-refractivity contribution in [2.75, 3.05) is 24.4 Å². The van der Waals surface area contributed by atoms with Gasteiger partial charge < -0.3 is 21.1 Å². The number of methoxy groups -OCH3 is 1. The molecule has 0 spiro atoms. The number of thioether (sulfide) groups is 1. The molecular weight excluding hydrogens is 422 g/mol. The lowest BCUT2D eigenvalue weighted by atomic mass is 10.0. The Hall–Kier alpha value is -3.03. The van der Waals surface area contributed by atoms with Crippen molar-refractivity contribution in [1.82, 2.24) is 5.32 Å². The molecule has 0 saturated carbocycles. The summed E-state index contributed by atoms with van der Waals surface area (Å²) in [6.45, 7) is 0. The SMILES string of the molecule is COc1ccc(C[C@H](N)C(=O)N[C@@H](CCSC)C(=O)Nc2ccc3ccccc3c2)cc1. The smallest absolute Gasteiger partial charge is 0.246 e. The minimum Gasteiger partial charge on any atom is -0.497 e. The number of carbonyl (C=O) groups excluding carboxylic acids is 2. The highest BCUT2D eigenvalue weighted by Crippen LogP contribution is 2.19. The van der Waals surface area contributed by atoms with E-state index in [1.165, 1.54) is 0 Å². The van der Waals surface area contributed by atoms with Gasteiger partial charge >= 0.3 is 0 Å². The molecule has 2 amide bonds. The fraction of sp³-hybridized carbons (Fsp3) is 0.280. The van der Waals surface area contributed by atoms with E-state index in [9.17, 15) is 9.59 Å². The number of hydrogen-bond donors (Lipinski definition) is 3. The number of fused-ring (bicyclic) bond motifs is 1. The van der Waals surface area contributed by atoms with E-state index < -0.39 is 12.1 Å². The minimum absolute atomic E-state index is 0.251. The number of anilines is 1. The molecule has 0 saturated heterocycles. The van der Waals surface area contributed by atoms with Crippen molar-refractivity contribution in [1.29, 1.82) is 0 Å². The monoisotopic (exact) mass is 451 g/mol. The highest BCUT2D eigenvalue weighted by Gasteiger charge is 2.24. The van der Waals surface area contributed by atoms with Crippen LogP contribution in [0.5, 0.6) is 5.75 Å². The second-order valence-corrected chi connectivity index (χ2v) is 8.54. The third kappa shape index (κ3) is 6.48. The molecule has 3 aromatic carbocycles. The first-order chi connectivity index (χ1) is 15.5. The highest BCUT2D eigenvalue weighted by molar-refractivity contribution is 7.98. The third-order valence-corrected chi connectivity index (χ3v) is 5.86. The van der Waals surface area contributed by atoms with E-state index in [1.807, 2.05) is 73.0 Å². The van der Waals surface area contributed by atoms with Crippen LogP contribution in [0.2, 0.25) is 0 Å². The van der Waals surface area contributed by atoms with Gasteiger partial charge in [0.2, 0.25) is 11.8 Å². The van der Waals surface area contributed by atoms with E-state index >= 15 is 0 Å². The van der Waals surface area contributed by atoms with Gasteiger partial charge in [-0.15, -0.1) is 0 Å². The topological polar surface area (TPSA) is 93.4 Å². The predicted octanol–water partition coefficient (Wildman–Crippen LogP) is 3.59. The molecule has 7 heteroatoms. The van der Waals surface area contributed by atoms with Gasteiger partial charge in [0.25, 0.3) is 0 Å². The zero-order valence-electron chi connectivity index (χ0n) is 18.3. The van der Waals surface area contributed by atoms with Crippen LogP contribution in [0, 0.1) is 0 Å². The van der Waals surface area contributed by atoms with E-state index in [2.05, 4.69) is 10.6 Å². The highest BCUT2D eigenvalue weighted by atomic mass is 32.2. The van der Waals surface area contributed by atoms with E-state index in [0.717, 1.165) is 27.8 Å². The van der Waals surface area contributed by atoms with Crippen LogP contribution in [0.1, 0.15) is 12.0 Å². The largest absolute Gasteiger partial charge is 0.497 e. The molecule has 3 aromatic rings. The lowest BCUT2D eigenvalue weighted by Gasteiger charge is -2.21. The maximum atomic E-state index is 13.0. The van der Waals surface area contributed by atoms with Crippen LogP contribution < -0.4 is 21.1 Å². The van der Waals surface area contributed by atoms with Crippen LogP contribution in [0.4, 0.5) is 5.69 Å². The number of nitrogens with one attached hydrogen (secondary N) is 2. The Morgan fingerprint density at radius 2 is 1.72 bits per heavy atom. The average Bonchev–Trinajstić information content (AvgIpc) is 2.81. The molecule has 4 N–H and O–H groups in total. The molecule has 3 rings (SSSR count). The summed E-state index contributed by atoms with van der Waals surface area (Å²) in [6, 6.07) is 19.7. The van der Waals surface area contributed by atoms with Crippen molar-refractivity contribution in [3.63, 3.8) is 0 Å². The summed E-state index contributed by atoms with van der Waals surface area (Å²) in [5.74, 6) is 0.887. The van der Waals surface area contributed by atoms with E-state index in [0.29, 0.717) is 18.5 Å². The second-order valence-electron chi connectivity index (χ2n) is 7.55. The van der Waals surface area contributed by atoms with E-state index in [4.69, 9.17) is 10.5 Å². The van der Waals surface area contributed by atoms with Gasteiger partial charge in [0.15, 0.2) is 0 Å². The Bertz CT molecular complexity index is 1060. The molecule has 0 bridgehead atoms. The molecule has 0 aliphatic heterocycles. The Morgan fingerprint density at radius 3 is 2.41 bits per heavy atom. The first kappa shape index (κ1) is 23.6. The van der Waals surface area contributed by atoms with Gasteiger partial charge in [-0.3, -0.25) is 9.59 Å². The quantitative estimate of drug-likeness (QED) is 0.438. The zero-order chi connectivity index (χ0) is 22.9. The summed E-state index contributed by atoms with van der Waals surface area (Å²) < 4.78 is 5.15. The summed E-state index contributed by atoms with van der Waals surface area (Å²) in [5.41, 5.74) is 7.75. The molecular formula is C25H29N3O3S. The van der Waals surface area contributed by atoms with Gasteiger partial charge in [0, 0.05) is 5.69 Å². The molecule has 0 radical (unpaired) electrons. The number of hydrogen-bond acceptors (Lipinski definition) is 5. The lowest BCUT2D eigenvalue weighted by molar-refractivity contribution is -0.127. The van der Waals surface area contributed by atoms with Crippen LogP contribution >= 0.6 is 11.8 Å². The number of amides is 2. The fourth-order valence-corrected chi connectivity index (χ4v) is 3.86. The van der Waals surface area contributed by atoms with Crippen LogP contribution in [0.15, 0.2) is 66.7 Å². The maximum absolute atomic E-state index is 13.0. The molecule has 168 valence electrons. The summed E-state index contributed by atoms with van der Waals surface area (Å²) >= 11 is 1.62. The molecule has 0 fully saturated rings. The number of ether oxygens (including phenoxy) is 1. The molecule has 0 aliphatic carbocycles. The Labute approximate surface area is 192 Å². The summed E-state index contributed by atoms with van der Waals surface area (Å²) in [4.78, 5) is 25.7. The van der Waals surface area contributed by atoms with Crippen molar-refractivity contribution in [3.8, 4) is 5.75 Å². The zero-order valence-corrected chi connectivity index (χ0v) is 19.2. The fourth-order valence-electron chi connectivity index (χ4n) is 3.39. The number of rotatable bonds is 10. The van der Waals surface area contributed by atoms with Gasteiger partial charge in [-0.1, -0.05) is 42.5 Å². The van der Waals surface area contributed by atoms with Crippen LogP contribution in [-0.4, -0.2) is 43.0 Å². The van der Waals surface area contributed by atoms with Crippen LogP contribution in [-0.2, 0) is 16.0 Å². The summed E-state index contributed by atoms with van der Waals surface area (Å²) in [7, 11) is 1.60. The third-order valence-electron chi connectivity index (χ3n) is 5.21. The Kier molecular flexibility index (Phi) is 8.53. The predicted molar refractivity (Wildman–Crippen MR) is 132 cm³/mol. The van der Waals surface area contributed by atoms with Crippen molar-refractivity contribution in [3.05, 3.63) is 72.3 Å². The second kappa shape index (κ2) is 11.5. The minimum atomic E-state index is -0.756. The van der Waals surface area contributed by atoms with Crippen molar-refractivity contribution in [2.45, 2.75) is 24.9 Å². The van der Waals surface area contributed by atoms with Crippen molar-refractivity contribution >= 4 is 40.0 Å². The molecule has 0 heterocycles. The van der Waals surface area contributed by atoms with Crippen molar-refractivity contribution < 1.29 is 14.3 Å². The van der Waals surface area contributed by atoms with Crippen LogP contribution in [0.25, 0.3) is 10.8 Å². The molecule has 0 unspecified atom stereocenters. The standard InChI is InChI=1S/C25H29N3O3S/c1-31-21-11-7-17(8-12-21)15-22(26)24(29)28-23(13-14-32-2)25(30)27-20-10-9-18-5-3-4-6-19(18)16-20/h3-12,16,22-23H,13-15,26H2,1-2H3,(H,27,30)(H,28,29)/t22-,23-/m0/s1. The Balaban J connectivity index is 1.64. The van der Waals surface area contributed by atoms with E-state index in [1.54, 1.807) is 18.9 Å². The summed E-state index contributed by atoms with van der Waals surface area (Å²) in [5, 5.41) is 7.91. The van der Waals surface area contributed by atoms with Gasteiger partial charge in [-0.05, 0) is 65.5 Å². The molecule has 32 heavy (non-hydrogen) atoms. The molecule has 0 aromatic heterocycles. The first-order valence-corrected chi connectivity index (χ1v) is 11.9. The maximum Gasteiger partial charge on any atom is 0.246 e. The van der Waals surface area contributed by atoms with E-state index in [-0.39, 0.29) is 11.8 Å². The number of carbonyl (C=O) groups is 2. The molecule has 0 aliphatic rings. The Morgan fingerprint density at radius 1 is 1.00 bits per heavy atom. The van der Waals surface area contributed by atoms with Crippen molar-refractivity contribution in [2.24, 2.45) is 5.73 Å². The normalized spacial score (nSPS) is 12.7. The van der Waals surface area contributed by atoms with Gasteiger partial charge in [-0.25, -0.2) is 0 Å². The average molecular weight is 452 g/mol. The number of benzene rings is 3. The lowest BCUT2D eigenvalue weighted by Crippen LogP contribution is -2.50. The van der Waals surface area contributed by atoms with Gasteiger partial charge in [0.1, 0.15) is 11.8 Å².